The lowest BCUT2D eigenvalue weighted by atomic mass is 9.81. The summed E-state index contributed by atoms with van der Waals surface area (Å²) in [4.78, 5) is 25.9. The molecule has 0 heterocycles. The van der Waals surface area contributed by atoms with Gasteiger partial charge in [0.2, 0.25) is 5.78 Å². The number of hydrogen-bond acceptors (Lipinski definition) is 5. The van der Waals surface area contributed by atoms with Gasteiger partial charge in [-0.05, 0) is 70.7 Å². The molecule has 0 atom stereocenters. The van der Waals surface area contributed by atoms with Crippen molar-refractivity contribution in [2.45, 2.75) is 47.0 Å². The predicted molar refractivity (Wildman–Crippen MR) is 116 cm³/mol. The molecule has 3 rings (SSSR count). The quantitative estimate of drug-likeness (QED) is 0.511. The Morgan fingerprint density at radius 1 is 0.867 bits per heavy atom. The Morgan fingerprint density at radius 2 is 1.53 bits per heavy atom. The topological polar surface area (TPSA) is 94.8 Å². The molecule has 0 fully saturated rings. The van der Waals surface area contributed by atoms with Crippen LogP contribution in [-0.4, -0.2) is 26.9 Å². The number of fused-ring (bicyclic) bond motifs is 2. The van der Waals surface area contributed by atoms with E-state index in [2.05, 4.69) is 6.08 Å². The van der Waals surface area contributed by atoms with E-state index in [0.717, 1.165) is 18.4 Å². The van der Waals surface area contributed by atoms with Gasteiger partial charge in [0.15, 0.2) is 5.78 Å². The molecule has 5 heteroatoms. The highest BCUT2D eigenvalue weighted by Crippen LogP contribution is 2.42. The summed E-state index contributed by atoms with van der Waals surface area (Å²) in [5.41, 5.74) is 2.89. The molecule has 0 unspecified atom stereocenters. The van der Waals surface area contributed by atoms with E-state index in [0.29, 0.717) is 5.56 Å². The highest BCUT2D eigenvalue weighted by molar-refractivity contribution is 6.30. The Hall–Kier alpha value is -3.34. The van der Waals surface area contributed by atoms with Crippen molar-refractivity contribution >= 4 is 11.6 Å². The van der Waals surface area contributed by atoms with Crippen molar-refractivity contribution in [3.8, 4) is 17.2 Å². The van der Waals surface area contributed by atoms with Crippen molar-refractivity contribution in [2.24, 2.45) is 0 Å². The fraction of sp³-hybridized carbons (Fsp3) is 0.280. The molecule has 1 aliphatic rings. The van der Waals surface area contributed by atoms with Crippen LogP contribution in [0.15, 0.2) is 41.5 Å². The molecule has 0 aliphatic heterocycles. The van der Waals surface area contributed by atoms with Crippen molar-refractivity contribution in [1.82, 2.24) is 0 Å². The molecule has 3 N–H and O–H groups in total. The number of ketones is 2. The highest BCUT2D eigenvalue weighted by Gasteiger charge is 2.36. The van der Waals surface area contributed by atoms with Gasteiger partial charge < -0.3 is 15.3 Å². The first-order chi connectivity index (χ1) is 14.1. The normalized spacial score (nSPS) is 13.1. The molecule has 0 amide bonds. The summed E-state index contributed by atoms with van der Waals surface area (Å²) in [5, 5.41) is 31.5. The number of benzene rings is 2. The van der Waals surface area contributed by atoms with Gasteiger partial charge in [-0.25, -0.2) is 0 Å². The van der Waals surface area contributed by atoms with Crippen LogP contribution < -0.4 is 0 Å². The molecular weight excluding hydrogens is 380 g/mol. The number of hydrogen-bond donors (Lipinski definition) is 3. The third-order valence-corrected chi connectivity index (χ3v) is 5.33. The van der Waals surface area contributed by atoms with Crippen LogP contribution in [0.4, 0.5) is 0 Å². The van der Waals surface area contributed by atoms with Gasteiger partial charge in [0.1, 0.15) is 17.2 Å². The number of allylic oxidation sites excluding steroid dienone is 4. The minimum atomic E-state index is -0.625. The lowest BCUT2D eigenvalue weighted by molar-refractivity contribution is 0.0973. The number of rotatable bonds is 5. The molecule has 2 aromatic rings. The Balaban J connectivity index is 2.01. The molecule has 2 aromatic carbocycles. The van der Waals surface area contributed by atoms with E-state index in [-0.39, 0.29) is 45.7 Å². The van der Waals surface area contributed by atoms with Crippen molar-refractivity contribution in [3.63, 3.8) is 0 Å². The van der Waals surface area contributed by atoms with Crippen molar-refractivity contribution in [2.75, 3.05) is 0 Å². The maximum Gasteiger partial charge on any atom is 0.201 e. The maximum atomic E-state index is 13.0. The zero-order valence-corrected chi connectivity index (χ0v) is 17.7. The summed E-state index contributed by atoms with van der Waals surface area (Å²) in [6.07, 6.45) is 6.00. The van der Waals surface area contributed by atoms with Crippen LogP contribution in [0.3, 0.4) is 0 Å². The van der Waals surface area contributed by atoms with Crippen LogP contribution in [0.2, 0.25) is 0 Å². The van der Waals surface area contributed by atoms with Crippen LogP contribution in [0.25, 0.3) is 0 Å². The Kier molecular flexibility index (Phi) is 5.83. The average molecular weight is 406 g/mol. The number of aryl methyl sites for hydroxylation is 1. The monoisotopic (exact) mass is 406 g/mol. The van der Waals surface area contributed by atoms with E-state index in [1.807, 2.05) is 26.8 Å². The SMILES string of the molecule is CC(C)=CCCC(C)=CCc1c(O)cc2c(c1O)C(=O)c1c(O)cc(C)cc1C2=O. The van der Waals surface area contributed by atoms with E-state index in [1.54, 1.807) is 6.92 Å². The molecule has 5 nitrogen and oxygen atoms in total. The summed E-state index contributed by atoms with van der Waals surface area (Å²) >= 11 is 0. The first-order valence-corrected chi connectivity index (χ1v) is 9.91. The van der Waals surface area contributed by atoms with E-state index in [1.165, 1.54) is 23.8 Å². The summed E-state index contributed by atoms with van der Waals surface area (Å²) < 4.78 is 0. The molecule has 0 saturated carbocycles. The summed E-state index contributed by atoms with van der Waals surface area (Å²) in [6, 6.07) is 4.17. The summed E-state index contributed by atoms with van der Waals surface area (Å²) in [6.45, 7) is 7.75. The average Bonchev–Trinajstić information content (AvgIpc) is 2.64. The van der Waals surface area contributed by atoms with Crippen LogP contribution in [0.5, 0.6) is 17.2 Å². The van der Waals surface area contributed by atoms with Gasteiger partial charge in [0.25, 0.3) is 0 Å². The fourth-order valence-corrected chi connectivity index (χ4v) is 3.73. The third-order valence-electron chi connectivity index (χ3n) is 5.33. The number of phenolic OH excluding ortho intramolecular Hbond substituents is 3. The second kappa shape index (κ2) is 8.19. The first kappa shape index (κ1) is 21.4. The summed E-state index contributed by atoms with van der Waals surface area (Å²) in [7, 11) is 0. The molecule has 156 valence electrons. The molecule has 1 aliphatic carbocycles. The molecule has 0 aromatic heterocycles. The lowest BCUT2D eigenvalue weighted by Gasteiger charge is -2.21. The summed E-state index contributed by atoms with van der Waals surface area (Å²) in [5.74, 6) is -2.08. The minimum absolute atomic E-state index is 0.0551. The number of phenols is 3. The number of carbonyl (C=O) groups is 2. The van der Waals surface area contributed by atoms with Gasteiger partial charge in [0, 0.05) is 16.7 Å². The second-order valence-electron chi connectivity index (χ2n) is 8.09. The predicted octanol–water partition coefficient (Wildman–Crippen LogP) is 5.12. The highest BCUT2D eigenvalue weighted by atomic mass is 16.3. The lowest BCUT2D eigenvalue weighted by Crippen LogP contribution is -2.22. The molecule has 0 radical (unpaired) electrons. The van der Waals surface area contributed by atoms with Crippen molar-refractivity contribution in [1.29, 1.82) is 0 Å². The minimum Gasteiger partial charge on any atom is -0.507 e. The van der Waals surface area contributed by atoms with Crippen LogP contribution in [0.1, 0.15) is 76.6 Å². The van der Waals surface area contributed by atoms with E-state index >= 15 is 0 Å². The van der Waals surface area contributed by atoms with Gasteiger partial charge in [-0.2, -0.15) is 0 Å². The van der Waals surface area contributed by atoms with Gasteiger partial charge in [-0.15, -0.1) is 0 Å². The van der Waals surface area contributed by atoms with E-state index in [9.17, 15) is 24.9 Å². The zero-order valence-electron chi connectivity index (χ0n) is 17.7. The Bertz CT molecular complexity index is 1120. The number of aromatic hydroxyl groups is 3. The van der Waals surface area contributed by atoms with Crippen LogP contribution in [-0.2, 0) is 6.42 Å². The largest absolute Gasteiger partial charge is 0.507 e. The van der Waals surface area contributed by atoms with Crippen LogP contribution in [0, 0.1) is 6.92 Å². The van der Waals surface area contributed by atoms with Crippen molar-refractivity contribution in [3.05, 3.63) is 74.9 Å². The fourth-order valence-electron chi connectivity index (χ4n) is 3.73. The van der Waals surface area contributed by atoms with E-state index in [4.69, 9.17) is 0 Å². The molecule has 0 bridgehead atoms. The Labute approximate surface area is 176 Å². The number of carbonyl (C=O) groups excluding carboxylic acids is 2. The van der Waals surface area contributed by atoms with Gasteiger partial charge in [-0.1, -0.05) is 23.3 Å². The zero-order chi connectivity index (χ0) is 22.2. The van der Waals surface area contributed by atoms with Gasteiger partial charge in [0.05, 0.1) is 11.1 Å². The van der Waals surface area contributed by atoms with E-state index < -0.39 is 17.3 Å². The second-order valence-corrected chi connectivity index (χ2v) is 8.09. The standard InChI is InChI=1S/C25H26O5/c1-13(2)6-5-7-14(3)8-9-16-19(26)12-18-22(24(16)29)25(30)21-17(23(18)28)10-15(4)11-20(21)27/h6,8,10-12,26-27,29H,5,7,9H2,1-4H3. The van der Waals surface area contributed by atoms with Crippen LogP contribution >= 0.6 is 0 Å². The van der Waals surface area contributed by atoms with Crippen molar-refractivity contribution < 1.29 is 24.9 Å². The van der Waals surface area contributed by atoms with Gasteiger partial charge in [-0.3, -0.25) is 9.59 Å². The molecular formula is C25H26O5. The first-order valence-electron chi connectivity index (χ1n) is 9.91. The maximum absolute atomic E-state index is 13.0. The van der Waals surface area contributed by atoms with Gasteiger partial charge >= 0.3 is 0 Å². The molecule has 0 spiro atoms. The smallest absolute Gasteiger partial charge is 0.201 e. The molecule has 0 saturated heterocycles. The third kappa shape index (κ3) is 3.88. The Morgan fingerprint density at radius 3 is 2.20 bits per heavy atom. The molecule has 30 heavy (non-hydrogen) atoms.